The fraction of sp³-hybridized carbons (Fsp3) is 0.263. The van der Waals surface area contributed by atoms with Crippen LogP contribution in [0, 0.1) is 18.6 Å². The number of halogens is 2. The summed E-state index contributed by atoms with van der Waals surface area (Å²) in [6.45, 7) is 1.90. The van der Waals surface area contributed by atoms with Crippen LogP contribution in [-0.2, 0) is 27.2 Å². The van der Waals surface area contributed by atoms with Crippen LogP contribution in [0.5, 0.6) is 0 Å². The average molecular weight is 347 g/mol. The second-order valence-electron chi connectivity index (χ2n) is 5.69. The van der Waals surface area contributed by atoms with Crippen molar-refractivity contribution in [3.63, 3.8) is 0 Å². The molecule has 0 heterocycles. The molecule has 0 saturated carbocycles. The van der Waals surface area contributed by atoms with Crippen LogP contribution in [0.4, 0.5) is 8.78 Å². The quantitative estimate of drug-likeness (QED) is 0.818. The zero-order chi connectivity index (χ0) is 18.4. The Labute approximate surface area is 144 Å². The van der Waals surface area contributed by atoms with E-state index >= 15 is 0 Å². The minimum atomic E-state index is -0.887. The Hall–Kier alpha value is -2.76. The molecule has 0 aliphatic carbocycles. The Kier molecular flexibility index (Phi) is 6.22. The molecule has 0 spiro atoms. The van der Waals surface area contributed by atoms with Crippen LogP contribution in [0.15, 0.2) is 42.5 Å². The number of amides is 1. The van der Waals surface area contributed by atoms with Crippen LogP contribution in [0.25, 0.3) is 0 Å². The molecule has 0 aliphatic heterocycles. The fourth-order valence-electron chi connectivity index (χ4n) is 2.48. The van der Waals surface area contributed by atoms with Gasteiger partial charge in [-0.15, -0.1) is 0 Å². The molecule has 0 fully saturated rings. The molecule has 132 valence electrons. The zero-order valence-corrected chi connectivity index (χ0v) is 14.0. The molecule has 0 radical (unpaired) electrons. The molecule has 2 aromatic carbocycles. The second-order valence-corrected chi connectivity index (χ2v) is 5.69. The van der Waals surface area contributed by atoms with Gasteiger partial charge in [0.1, 0.15) is 17.7 Å². The molecule has 2 aromatic rings. The summed E-state index contributed by atoms with van der Waals surface area (Å²) >= 11 is 0. The van der Waals surface area contributed by atoms with Crippen molar-refractivity contribution in [3.8, 4) is 0 Å². The summed E-state index contributed by atoms with van der Waals surface area (Å²) in [5, 5.41) is 2.56. The molecule has 1 amide bonds. The standard InChI is InChI=1S/C19H19F2NO3/c1-12-5-3-4-6-13(12)9-17(19(24)25-2)22-18(23)10-14-7-8-15(20)11-16(14)21/h3-8,11,17H,9-10H2,1-2H3,(H,22,23)/t17-/m1/s1. The van der Waals surface area contributed by atoms with Gasteiger partial charge in [0.05, 0.1) is 13.5 Å². The summed E-state index contributed by atoms with van der Waals surface area (Å²) in [6, 6.07) is 9.59. The van der Waals surface area contributed by atoms with Crippen LogP contribution >= 0.6 is 0 Å². The molecule has 0 aromatic heterocycles. The van der Waals surface area contributed by atoms with Gasteiger partial charge >= 0.3 is 5.97 Å². The minimum absolute atomic E-state index is 0.0541. The van der Waals surface area contributed by atoms with Gasteiger partial charge in [-0.1, -0.05) is 30.3 Å². The van der Waals surface area contributed by atoms with Crippen molar-refractivity contribution in [1.29, 1.82) is 0 Å². The first-order valence-corrected chi connectivity index (χ1v) is 7.76. The number of methoxy groups -OCH3 is 1. The van der Waals surface area contributed by atoms with E-state index < -0.39 is 29.6 Å². The van der Waals surface area contributed by atoms with Crippen molar-refractivity contribution < 1.29 is 23.1 Å². The third-order valence-corrected chi connectivity index (χ3v) is 3.87. The van der Waals surface area contributed by atoms with E-state index in [9.17, 15) is 18.4 Å². The number of hydrogen-bond acceptors (Lipinski definition) is 3. The monoisotopic (exact) mass is 347 g/mol. The van der Waals surface area contributed by atoms with Crippen LogP contribution in [0.1, 0.15) is 16.7 Å². The van der Waals surface area contributed by atoms with Gasteiger partial charge in [-0.2, -0.15) is 0 Å². The molecular formula is C19H19F2NO3. The third-order valence-electron chi connectivity index (χ3n) is 3.87. The average Bonchev–Trinajstić information content (AvgIpc) is 2.58. The summed E-state index contributed by atoms with van der Waals surface area (Å²) in [7, 11) is 1.24. The van der Waals surface area contributed by atoms with E-state index in [0.29, 0.717) is 6.07 Å². The molecule has 0 saturated heterocycles. The molecule has 0 bridgehead atoms. The second kappa shape index (κ2) is 8.37. The lowest BCUT2D eigenvalue weighted by atomic mass is 10.0. The van der Waals surface area contributed by atoms with E-state index in [4.69, 9.17) is 4.74 Å². The number of nitrogens with one attached hydrogen (secondary N) is 1. The highest BCUT2D eigenvalue weighted by Crippen LogP contribution is 2.12. The minimum Gasteiger partial charge on any atom is -0.467 e. The number of carbonyl (C=O) groups excluding carboxylic acids is 2. The molecule has 1 N–H and O–H groups in total. The van der Waals surface area contributed by atoms with Gasteiger partial charge in [0.2, 0.25) is 5.91 Å². The Morgan fingerprint density at radius 1 is 1.12 bits per heavy atom. The lowest BCUT2D eigenvalue weighted by Crippen LogP contribution is -2.43. The highest BCUT2D eigenvalue weighted by atomic mass is 19.1. The van der Waals surface area contributed by atoms with Crippen molar-refractivity contribution in [2.75, 3.05) is 7.11 Å². The Bertz CT molecular complexity index is 777. The molecule has 2 rings (SSSR count). The van der Waals surface area contributed by atoms with E-state index in [-0.39, 0.29) is 18.4 Å². The highest BCUT2D eigenvalue weighted by Gasteiger charge is 2.23. The van der Waals surface area contributed by atoms with Crippen molar-refractivity contribution in [1.82, 2.24) is 5.32 Å². The van der Waals surface area contributed by atoms with Gasteiger partial charge in [-0.25, -0.2) is 13.6 Å². The number of benzene rings is 2. The Morgan fingerprint density at radius 3 is 2.48 bits per heavy atom. The maximum absolute atomic E-state index is 13.7. The predicted molar refractivity (Wildman–Crippen MR) is 88.9 cm³/mol. The lowest BCUT2D eigenvalue weighted by Gasteiger charge is -2.18. The maximum atomic E-state index is 13.7. The number of ether oxygens (including phenoxy) is 1. The number of esters is 1. The van der Waals surface area contributed by atoms with E-state index in [0.717, 1.165) is 17.2 Å². The van der Waals surface area contributed by atoms with Gasteiger partial charge in [-0.05, 0) is 29.7 Å². The number of aryl methyl sites for hydroxylation is 1. The maximum Gasteiger partial charge on any atom is 0.328 e. The molecule has 4 nitrogen and oxygen atoms in total. The van der Waals surface area contributed by atoms with Crippen molar-refractivity contribution in [2.24, 2.45) is 0 Å². The summed E-state index contributed by atoms with van der Waals surface area (Å²) < 4.78 is 31.3. The van der Waals surface area contributed by atoms with Gasteiger partial charge < -0.3 is 10.1 Å². The SMILES string of the molecule is COC(=O)[C@@H](Cc1ccccc1C)NC(=O)Cc1ccc(F)cc1F. The smallest absolute Gasteiger partial charge is 0.328 e. The summed E-state index contributed by atoms with van der Waals surface area (Å²) in [5.41, 5.74) is 1.93. The summed E-state index contributed by atoms with van der Waals surface area (Å²) in [4.78, 5) is 24.1. The zero-order valence-electron chi connectivity index (χ0n) is 14.0. The third kappa shape index (κ3) is 5.11. The first-order valence-electron chi connectivity index (χ1n) is 7.76. The number of carbonyl (C=O) groups is 2. The largest absolute Gasteiger partial charge is 0.467 e. The Balaban J connectivity index is 2.09. The van der Waals surface area contributed by atoms with Crippen LogP contribution in [-0.4, -0.2) is 25.0 Å². The molecule has 6 heteroatoms. The summed E-state index contributed by atoms with van der Waals surface area (Å²) in [5.74, 6) is -2.65. The number of hydrogen-bond donors (Lipinski definition) is 1. The van der Waals surface area contributed by atoms with E-state index in [2.05, 4.69) is 5.32 Å². The molecule has 1 atom stereocenters. The van der Waals surface area contributed by atoms with Crippen LogP contribution in [0.3, 0.4) is 0 Å². The van der Waals surface area contributed by atoms with Gasteiger partial charge in [0, 0.05) is 12.5 Å². The molecule has 0 aliphatic rings. The number of rotatable bonds is 6. The van der Waals surface area contributed by atoms with Gasteiger partial charge in [-0.3, -0.25) is 4.79 Å². The molecular weight excluding hydrogens is 328 g/mol. The fourth-order valence-corrected chi connectivity index (χ4v) is 2.48. The highest BCUT2D eigenvalue weighted by molar-refractivity contribution is 5.85. The first kappa shape index (κ1) is 18.6. The lowest BCUT2D eigenvalue weighted by molar-refractivity contribution is -0.145. The topological polar surface area (TPSA) is 55.4 Å². The summed E-state index contributed by atoms with van der Waals surface area (Å²) in [6.07, 6.45) is -0.0373. The van der Waals surface area contributed by atoms with E-state index in [1.807, 2.05) is 31.2 Å². The van der Waals surface area contributed by atoms with Crippen LogP contribution in [0.2, 0.25) is 0 Å². The van der Waals surface area contributed by atoms with E-state index in [1.54, 1.807) is 0 Å². The predicted octanol–water partition coefficient (Wildman–Crippen LogP) is 2.72. The first-order chi connectivity index (χ1) is 11.9. The normalized spacial score (nSPS) is 11.7. The van der Waals surface area contributed by atoms with Crippen molar-refractivity contribution in [2.45, 2.75) is 25.8 Å². The van der Waals surface area contributed by atoms with Gasteiger partial charge in [0.25, 0.3) is 0 Å². The Morgan fingerprint density at radius 2 is 1.84 bits per heavy atom. The van der Waals surface area contributed by atoms with Crippen molar-refractivity contribution >= 4 is 11.9 Å². The van der Waals surface area contributed by atoms with Gasteiger partial charge in [0.15, 0.2) is 0 Å². The van der Waals surface area contributed by atoms with E-state index in [1.165, 1.54) is 13.2 Å². The molecule has 0 unspecified atom stereocenters. The van der Waals surface area contributed by atoms with Crippen molar-refractivity contribution in [3.05, 3.63) is 70.8 Å². The molecule has 25 heavy (non-hydrogen) atoms. The van der Waals surface area contributed by atoms with Crippen LogP contribution < -0.4 is 5.32 Å².